The molecular formula is C57H100N8O14. The van der Waals surface area contributed by atoms with Crippen LogP contribution >= 0.6 is 0 Å². The van der Waals surface area contributed by atoms with E-state index in [0.29, 0.717) is 37.9 Å². The largest absolute Gasteiger partial charge is 0.481 e. The Bertz CT molecular complexity index is 1870. The molecule has 1 aromatic rings. The second-order valence-electron chi connectivity index (χ2n) is 20.9. The summed E-state index contributed by atoms with van der Waals surface area (Å²) in [6.45, 7) is 8.04. The molecule has 0 unspecified atom stereocenters. The maximum Gasteiger partial charge on any atom is 0.306 e. The summed E-state index contributed by atoms with van der Waals surface area (Å²) in [5, 5.41) is 23.4. The maximum absolute atomic E-state index is 13.1. The van der Waals surface area contributed by atoms with Crippen molar-refractivity contribution in [2.75, 3.05) is 79.0 Å². The Balaban J connectivity index is 2.07. The van der Waals surface area contributed by atoms with Crippen molar-refractivity contribution in [2.24, 2.45) is 11.7 Å². The molecule has 0 aliphatic heterocycles. The third-order valence-corrected chi connectivity index (χ3v) is 13.3. The SMILES string of the molecule is CCCCCCCCCCCCCCCCCC(=O)C[C@@H](CCC(=O)NCCOCCOCC(=O)NCCOCCOCC(=O)NCCCC[C@H](NCC(=O)C(C)(C)NC(=O)[C@@H](N)Cc1cnc[nH]1)C(=O)CCC(C)=O)C(=O)O. The van der Waals surface area contributed by atoms with Crippen LogP contribution in [0.3, 0.4) is 0 Å². The van der Waals surface area contributed by atoms with Crippen molar-refractivity contribution >= 4 is 52.7 Å². The fourth-order valence-corrected chi connectivity index (χ4v) is 8.36. The van der Waals surface area contributed by atoms with Crippen molar-refractivity contribution < 1.29 is 67.2 Å². The van der Waals surface area contributed by atoms with Crippen molar-refractivity contribution in [1.29, 1.82) is 0 Å². The number of nitrogens with two attached hydrogens (primary N) is 1. The number of aromatic nitrogens is 2. The Morgan fingerprint density at radius 2 is 1.16 bits per heavy atom. The van der Waals surface area contributed by atoms with Crippen LogP contribution < -0.4 is 32.3 Å². The molecule has 1 rings (SSSR count). The van der Waals surface area contributed by atoms with Gasteiger partial charge in [-0.25, -0.2) is 4.98 Å². The van der Waals surface area contributed by atoms with Gasteiger partial charge in [-0.15, -0.1) is 0 Å². The number of Topliss-reactive ketones (excluding diaryl/α,β-unsaturated/α-hetero) is 4. The molecule has 1 aromatic heterocycles. The van der Waals surface area contributed by atoms with Crippen LogP contribution in [0, 0.1) is 5.92 Å². The molecule has 0 radical (unpaired) electrons. The van der Waals surface area contributed by atoms with Gasteiger partial charge in [-0.3, -0.25) is 38.4 Å². The lowest BCUT2D eigenvalue weighted by Gasteiger charge is -2.27. The number of carbonyl (C=O) groups is 9. The summed E-state index contributed by atoms with van der Waals surface area (Å²) < 4.78 is 21.6. The van der Waals surface area contributed by atoms with Crippen molar-refractivity contribution in [1.82, 2.24) is 36.6 Å². The standard InChI is InChI=1S/C57H100N8O14/c1-5-6-7-8-9-10-11-12-13-14-15-16-17-18-19-22-47(67)37-45(56(74)75)25-27-52(70)61-29-31-76-33-36-79-42-54(72)62-30-32-77-34-35-78-41-53(71)60-28-21-20-23-49(50(68)26-24-44(2)66)63-40-51(69)57(3,4)65-55(73)48(58)38-46-39-59-43-64-46/h39,43,45,48-49,63H,5-38,40-42,58H2,1-4H3,(H,59,64)(H,60,71)(H,61,70)(H,62,72)(H,65,73)(H,74,75)/t45-,48+,49+/m1/s1. The minimum absolute atomic E-state index is 0.00613. The maximum atomic E-state index is 13.1. The van der Waals surface area contributed by atoms with Crippen LogP contribution in [-0.2, 0) is 68.5 Å². The molecule has 0 aromatic carbocycles. The number of nitrogens with one attached hydrogen (secondary N) is 6. The molecule has 0 bridgehead atoms. The third kappa shape index (κ3) is 40.8. The average molecular weight is 1120 g/mol. The number of imidazole rings is 1. The van der Waals surface area contributed by atoms with E-state index in [1.165, 1.54) is 90.3 Å². The van der Waals surface area contributed by atoms with E-state index in [4.69, 9.17) is 24.7 Å². The van der Waals surface area contributed by atoms with Crippen LogP contribution in [0.25, 0.3) is 0 Å². The lowest BCUT2D eigenvalue weighted by Crippen LogP contribution is -2.57. The quantitative estimate of drug-likeness (QED) is 0.0401. The topological polar surface area (TPSA) is 326 Å². The van der Waals surface area contributed by atoms with Gasteiger partial charge in [-0.1, -0.05) is 96.8 Å². The van der Waals surface area contributed by atoms with Gasteiger partial charge in [0.1, 0.15) is 30.6 Å². The third-order valence-electron chi connectivity index (χ3n) is 13.3. The van der Waals surface area contributed by atoms with Crippen molar-refractivity contribution in [3.05, 3.63) is 18.2 Å². The number of rotatable bonds is 55. The van der Waals surface area contributed by atoms with Crippen molar-refractivity contribution in [3.8, 4) is 0 Å². The van der Waals surface area contributed by atoms with Gasteiger partial charge in [0.2, 0.25) is 23.6 Å². The minimum atomic E-state index is -1.28. The van der Waals surface area contributed by atoms with Gasteiger partial charge < -0.3 is 66.2 Å². The second kappa shape index (κ2) is 46.7. The van der Waals surface area contributed by atoms with E-state index in [0.717, 1.165) is 19.3 Å². The van der Waals surface area contributed by atoms with Gasteiger partial charge >= 0.3 is 5.97 Å². The van der Waals surface area contributed by atoms with Crippen LogP contribution in [-0.4, -0.2) is 164 Å². The first-order chi connectivity index (χ1) is 37.9. The number of nitrogens with zero attached hydrogens (tertiary/aromatic N) is 1. The molecule has 79 heavy (non-hydrogen) atoms. The molecule has 0 spiro atoms. The van der Waals surface area contributed by atoms with Gasteiger partial charge in [0.15, 0.2) is 5.78 Å². The van der Waals surface area contributed by atoms with E-state index in [2.05, 4.69) is 43.5 Å². The Morgan fingerprint density at radius 3 is 1.70 bits per heavy atom. The molecule has 0 aliphatic carbocycles. The van der Waals surface area contributed by atoms with Crippen molar-refractivity contribution in [2.45, 2.75) is 206 Å². The molecule has 1 heterocycles. The summed E-state index contributed by atoms with van der Waals surface area (Å²) in [6.07, 6.45) is 23.7. The number of H-pyrrole nitrogens is 1. The average Bonchev–Trinajstić information content (AvgIpc) is 3.93. The molecule has 4 amide bonds. The highest BCUT2D eigenvalue weighted by Gasteiger charge is 2.32. The lowest BCUT2D eigenvalue weighted by molar-refractivity contribution is -0.144. The highest BCUT2D eigenvalue weighted by Crippen LogP contribution is 2.17. The molecular weight excluding hydrogens is 1020 g/mol. The van der Waals surface area contributed by atoms with Crippen LogP contribution in [0.5, 0.6) is 0 Å². The molecule has 22 nitrogen and oxygen atoms in total. The van der Waals surface area contributed by atoms with Gasteiger partial charge in [0, 0.05) is 70.0 Å². The van der Waals surface area contributed by atoms with E-state index >= 15 is 0 Å². The van der Waals surface area contributed by atoms with Gasteiger partial charge in [0.05, 0.1) is 76.1 Å². The molecule has 0 aliphatic rings. The molecule has 3 atom stereocenters. The molecule has 452 valence electrons. The summed E-state index contributed by atoms with van der Waals surface area (Å²) in [5.74, 6) is -4.24. The van der Waals surface area contributed by atoms with Crippen LogP contribution in [0.2, 0.25) is 0 Å². The monoisotopic (exact) mass is 1120 g/mol. The Morgan fingerprint density at radius 1 is 0.633 bits per heavy atom. The summed E-state index contributed by atoms with van der Waals surface area (Å²) in [7, 11) is 0. The summed E-state index contributed by atoms with van der Waals surface area (Å²) >= 11 is 0. The van der Waals surface area contributed by atoms with Crippen LogP contribution in [0.4, 0.5) is 0 Å². The second-order valence-corrected chi connectivity index (χ2v) is 20.9. The van der Waals surface area contributed by atoms with Crippen molar-refractivity contribution in [3.63, 3.8) is 0 Å². The Labute approximate surface area is 469 Å². The predicted octanol–water partition coefficient (Wildman–Crippen LogP) is 4.93. The smallest absolute Gasteiger partial charge is 0.306 e. The predicted molar refractivity (Wildman–Crippen MR) is 300 cm³/mol. The Kier molecular flexibility index (Phi) is 42.6. The molecule has 0 saturated heterocycles. The highest BCUT2D eigenvalue weighted by molar-refractivity contribution is 5.95. The number of unbranched alkanes of at least 4 members (excludes halogenated alkanes) is 15. The first kappa shape index (κ1) is 72.0. The first-order valence-electron chi connectivity index (χ1n) is 29.1. The van der Waals surface area contributed by atoms with E-state index in [1.807, 2.05) is 0 Å². The van der Waals surface area contributed by atoms with E-state index in [9.17, 15) is 48.3 Å². The first-order valence-corrected chi connectivity index (χ1v) is 29.1. The number of hydrogen-bond acceptors (Lipinski definition) is 16. The number of carboxylic acid groups (broad SMARTS) is 1. The number of carboxylic acids is 1. The van der Waals surface area contributed by atoms with E-state index < -0.39 is 35.4 Å². The molecule has 9 N–H and O–H groups in total. The van der Waals surface area contributed by atoms with Crippen LogP contribution in [0.1, 0.15) is 187 Å². The Hall–Kier alpha value is -5.00. The molecule has 0 fully saturated rings. The zero-order valence-electron chi connectivity index (χ0n) is 48.3. The van der Waals surface area contributed by atoms with Crippen LogP contribution in [0.15, 0.2) is 12.5 Å². The normalized spacial score (nSPS) is 12.6. The fraction of sp³-hybridized carbons (Fsp3) is 0.789. The number of aromatic amines is 1. The van der Waals surface area contributed by atoms with E-state index in [1.54, 1.807) is 20.0 Å². The highest BCUT2D eigenvalue weighted by atomic mass is 16.5. The zero-order chi connectivity index (χ0) is 58.4. The van der Waals surface area contributed by atoms with Gasteiger partial charge in [0.25, 0.3) is 0 Å². The lowest BCUT2D eigenvalue weighted by atomic mass is 9.94. The number of amides is 4. The van der Waals surface area contributed by atoms with Gasteiger partial charge in [-0.05, 0) is 52.9 Å². The molecule has 0 saturated carbocycles. The zero-order valence-corrected chi connectivity index (χ0v) is 48.3. The van der Waals surface area contributed by atoms with E-state index in [-0.39, 0.29) is 152 Å². The summed E-state index contributed by atoms with van der Waals surface area (Å²) in [6, 6.07) is -1.62. The summed E-state index contributed by atoms with van der Waals surface area (Å²) in [5.41, 5.74) is 5.42. The number of ketones is 4. The number of aliphatic carboxylic acids is 1. The fourth-order valence-electron chi connectivity index (χ4n) is 8.36. The molecule has 22 heteroatoms. The summed E-state index contributed by atoms with van der Waals surface area (Å²) in [4.78, 5) is 118. The number of carbonyl (C=O) groups excluding carboxylic acids is 8. The number of hydrogen-bond donors (Lipinski definition) is 8. The minimum Gasteiger partial charge on any atom is -0.481 e. The van der Waals surface area contributed by atoms with Gasteiger partial charge in [-0.2, -0.15) is 0 Å². The number of ether oxygens (including phenoxy) is 4.